The molecule has 0 aliphatic carbocycles. The Kier molecular flexibility index (Phi) is 6.73. The molecule has 0 aliphatic rings. The fourth-order valence-electron chi connectivity index (χ4n) is 2.22. The maximum atomic E-state index is 12.1. The van der Waals surface area contributed by atoms with E-state index in [0.29, 0.717) is 6.42 Å². The van der Waals surface area contributed by atoms with E-state index in [4.69, 9.17) is 0 Å². The van der Waals surface area contributed by atoms with Crippen LogP contribution in [0.4, 0.5) is 0 Å². The Morgan fingerprint density at radius 1 is 1.33 bits per heavy atom. The molecule has 1 rings (SSSR count). The number of benzene rings is 1. The molecule has 1 aromatic carbocycles. The molecule has 0 spiro atoms. The van der Waals surface area contributed by atoms with Crippen LogP contribution in [-0.4, -0.2) is 19.0 Å². The van der Waals surface area contributed by atoms with Crippen LogP contribution in [-0.2, 0) is 4.79 Å². The smallest absolute Gasteiger partial charge is 0.249 e. The lowest BCUT2D eigenvalue weighted by molar-refractivity contribution is -0.117. The maximum absolute atomic E-state index is 12.1. The number of nitrogens with one attached hydrogen (secondary N) is 2. The van der Waals surface area contributed by atoms with Gasteiger partial charge >= 0.3 is 0 Å². The van der Waals surface area contributed by atoms with E-state index in [1.807, 2.05) is 13.0 Å². The fourth-order valence-corrected chi connectivity index (χ4v) is 2.22. The molecule has 0 fully saturated rings. The lowest BCUT2D eigenvalue weighted by Gasteiger charge is -2.20. The summed E-state index contributed by atoms with van der Waals surface area (Å²) in [5.74, 6) is -0.0358. The Morgan fingerprint density at radius 2 is 1.95 bits per heavy atom. The molecule has 1 unspecified atom stereocenters. The molecule has 0 saturated heterocycles. The summed E-state index contributed by atoms with van der Waals surface area (Å²) in [5, 5.41) is 6.19. The summed E-state index contributed by atoms with van der Waals surface area (Å²) in [5.41, 5.74) is 3.93. The van der Waals surface area contributed by atoms with Crippen LogP contribution in [0.1, 0.15) is 37.8 Å². The molecule has 0 heterocycles. The van der Waals surface area contributed by atoms with Crippen LogP contribution < -0.4 is 10.6 Å². The third-order valence-electron chi connectivity index (χ3n) is 3.41. The SMILES string of the molecule is C=CCC(C)N/C(=C(\CC)C(=O)NC)c1ccc(C)cc1. The van der Waals surface area contributed by atoms with Crippen LogP contribution >= 0.6 is 0 Å². The third-order valence-corrected chi connectivity index (χ3v) is 3.41. The molecule has 3 heteroatoms. The molecule has 114 valence electrons. The summed E-state index contributed by atoms with van der Waals surface area (Å²) < 4.78 is 0. The average Bonchev–Trinajstić information content (AvgIpc) is 2.47. The summed E-state index contributed by atoms with van der Waals surface area (Å²) in [6.45, 7) is 9.92. The molecular weight excluding hydrogens is 260 g/mol. The minimum atomic E-state index is -0.0358. The molecule has 21 heavy (non-hydrogen) atoms. The zero-order valence-electron chi connectivity index (χ0n) is 13.5. The van der Waals surface area contributed by atoms with Crippen molar-refractivity contribution in [2.45, 2.75) is 39.7 Å². The second-order valence-corrected chi connectivity index (χ2v) is 5.22. The topological polar surface area (TPSA) is 41.1 Å². The van der Waals surface area contributed by atoms with E-state index in [1.165, 1.54) is 5.56 Å². The Morgan fingerprint density at radius 3 is 2.43 bits per heavy atom. The van der Waals surface area contributed by atoms with Gasteiger partial charge in [-0.25, -0.2) is 0 Å². The van der Waals surface area contributed by atoms with Crippen molar-refractivity contribution in [1.29, 1.82) is 0 Å². The predicted molar refractivity (Wildman–Crippen MR) is 89.9 cm³/mol. The van der Waals surface area contributed by atoms with Gasteiger partial charge in [0.05, 0.1) is 5.70 Å². The van der Waals surface area contributed by atoms with Crippen molar-refractivity contribution in [2.24, 2.45) is 0 Å². The number of hydrogen-bond donors (Lipinski definition) is 2. The molecule has 0 saturated carbocycles. The van der Waals surface area contributed by atoms with Gasteiger partial charge in [0, 0.05) is 18.7 Å². The van der Waals surface area contributed by atoms with Gasteiger partial charge in [0.1, 0.15) is 0 Å². The van der Waals surface area contributed by atoms with Crippen molar-refractivity contribution in [2.75, 3.05) is 7.05 Å². The van der Waals surface area contributed by atoms with Gasteiger partial charge in [-0.2, -0.15) is 0 Å². The number of carbonyl (C=O) groups excluding carboxylic acids is 1. The molecule has 3 nitrogen and oxygen atoms in total. The zero-order chi connectivity index (χ0) is 15.8. The van der Waals surface area contributed by atoms with E-state index in [1.54, 1.807) is 7.05 Å². The number of amides is 1. The van der Waals surface area contributed by atoms with Crippen molar-refractivity contribution in [1.82, 2.24) is 10.6 Å². The number of carbonyl (C=O) groups is 1. The summed E-state index contributed by atoms with van der Waals surface area (Å²) in [6.07, 6.45) is 3.41. The van der Waals surface area contributed by atoms with E-state index in [2.05, 4.69) is 55.3 Å². The Hall–Kier alpha value is -2.03. The lowest BCUT2D eigenvalue weighted by atomic mass is 10.0. The Bertz CT molecular complexity index is 515. The van der Waals surface area contributed by atoms with Gasteiger partial charge in [0.15, 0.2) is 0 Å². The molecule has 0 bridgehead atoms. The normalized spacial score (nSPS) is 13.1. The van der Waals surface area contributed by atoms with Crippen LogP contribution in [0.15, 0.2) is 42.5 Å². The molecule has 0 aromatic heterocycles. The van der Waals surface area contributed by atoms with Crippen LogP contribution in [0, 0.1) is 6.92 Å². The van der Waals surface area contributed by atoms with Crippen LogP contribution in [0.25, 0.3) is 5.70 Å². The van der Waals surface area contributed by atoms with Gasteiger partial charge in [-0.1, -0.05) is 42.8 Å². The van der Waals surface area contributed by atoms with E-state index in [0.717, 1.165) is 23.3 Å². The van der Waals surface area contributed by atoms with E-state index in [9.17, 15) is 4.79 Å². The first kappa shape index (κ1) is 17.0. The lowest BCUT2D eigenvalue weighted by Crippen LogP contribution is -2.29. The minimum absolute atomic E-state index is 0.0358. The predicted octanol–water partition coefficient (Wildman–Crippen LogP) is 3.42. The molecule has 1 atom stereocenters. The molecule has 0 aliphatic heterocycles. The van der Waals surface area contributed by atoms with Crippen molar-refractivity contribution in [3.05, 3.63) is 53.6 Å². The van der Waals surface area contributed by atoms with E-state index < -0.39 is 0 Å². The zero-order valence-corrected chi connectivity index (χ0v) is 13.5. The third kappa shape index (κ3) is 4.78. The van der Waals surface area contributed by atoms with Crippen molar-refractivity contribution >= 4 is 11.6 Å². The summed E-state index contributed by atoms with van der Waals surface area (Å²) in [4.78, 5) is 12.1. The van der Waals surface area contributed by atoms with Gasteiger partial charge in [-0.3, -0.25) is 4.79 Å². The van der Waals surface area contributed by atoms with Gasteiger partial charge < -0.3 is 10.6 Å². The largest absolute Gasteiger partial charge is 0.381 e. The second kappa shape index (κ2) is 8.30. The first-order chi connectivity index (χ1) is 10.0. The van der Waals surface area contributed by atoms with E-state index in [-0.39, 0.29) is 11.9 Å². The average molecular weight is 286 g/mol. The Labute approximate surface area is 128 Å². The fraction of sp³-hybridized carbons (Fsp3) is 0.389. The van der Waals surface area contributed by atoms with Gasteiger partial charge in [0.2, 0.25) is 5.91 Å². The van der Waals surface area contributed by atoms with Crippen molar-refractivity contribution < 1.29 is 4.79 Å². The van der Waals surface area contributed by atoms with Gasteiger partial charge in [-0.05, 0) is 32.3 Å². The standard InChI is InChI=1S/C18H26N2O/c1-6-8-14(4)20-17(16(7-2)18(21)19-5)15-11-9-13(3)10-12-15/h6,9-12,14,20H,1,7-8H2,2-5H3,(H,19,21)/b17-16+. The van der Waals surface area contributed by atoms with Crippen molar-refractivity contribution in [3.8, 4) is 0 Å². The highest BCUT2D eigenvalue weighted by atomic mass is 16.1. The van der Waals surface area contributed by atoms with Crippen LogP contribution in [0.3, 0.4) is 0 Å². The summed E-state index contributed by atoms with van der Waals surface area (Å²) in [7, 11) is 1.66. The van der Waals surface area contributed by atoms with Crippen molar-refractivity contribution in [3.63, 3.8) is 0 Å². The minimum Gasteiger partial charge on any atom is -0.381 e. The second-order valence-electron chi connectivity index (χ2n) is 5.22. The highest BCUT2D eigenvalue weighted by molar-refractivity contribution is 6.00. The quantitative estimate of drug-likeness (QED) is 0.595. The number of aryl methyl sites for hydroxylation is 1. The summed E-state index contributed by atoms with van der Waals surface area (Å²) in [6, 6.07) is 8.46. The molecule has 1 aromatic rings. The first-order valence-corrected chi connectivity index (χ1v) is 7.43. The summed E-state index contributed by atoms with van der Waals surface area (Å²) >= 11 is 0. The molecule has 1 amide bonds. The Balaban J connectivity index is 3.26. The van der Waals surface area contributed by atoms with Gasteiger partial charge in [0.25, 0.3) is 0 Å². The number of rotatable bonds is 7. The van der Waals surface area contributed by atoms with E-state index >= 15 is 0 Å². The molecule has 0 radical (unpaired) electrons. The highest BCUT2D eigenvalue weighted by Gasteiger charge is 2.15. The first-order valence-electron chi connectivity index (χ1n) is 7.43. The van der Waals surface area contributed by atoms with Crippen LogP contribution in [0.2, 0.25) is 0 Å². The molecule has 2 N–H and O–H groups in total. The molecular formula is C18H26N2O. The van der Waals surface area contributed by atoms with Gasteiger partial charge in [-0.15, -0.1) is 6.58 Å². The number of hydrogen-bond acceptors (Lipinski definition) is 2. The monoisotopic (exact) mass is 286 g/mol. The van der Waals surface area contributed by atoms with Crippen LogP contribution in [0.5, 0.6) is 0 Å². The maximum Gasteiger partial charge on any atom is 0.249 e. The number of likely N-dealkylation sites (N-methyl/N-ethyl adjacent to an activating group) is 1. The highest BCUT2D eigenvalue weighted by Crippen LogP contribution is 2.20.